The molecule has 5 nitrogen and oxygen atoms in total. The fourth-order valence-electron chi connectivity index (χ4n) is 2.24. The largest absolute Gasteiger partial charge is 0.329 e. The smallest absolute Gasteiger partial charge is 0.254 e. The van der Waals surface area contributed by atoms with Crippen LogP contribution in [0, 0.1) is 12.8 Å². The van der Waals surface area contributed by atoms with Crippen molar-refractivity contribution in [1.82, 2.24) is 9.88 Å². The summed E-state index contributed by atoms with van der Waals surface area (Å²) in [5, 5.41) is 5.05. The molecule has 23 heavy (non-hydrogen) atoms. The zero-order chi connectivity index (χ0) is 16.8. The number of nitrogens with zero attached hydrogens (tertiary/aromatic N) is 2. The van der Waals surface area contributed by atoms with Crippen LogP contribution >= 0.6 is 11.3 Å². The predicted molar refractivity (Wildman–Crippen MR) is 92.7 cm³/mol. The molecule has 1 N–H and O–H groups in total. The molecule has 1 aromatic carbocycles. The average molecular weight is 331 g/mol. The summed E-state index contributed by atoms with van der Waals surface area (Å²) in [6.07, 6.45) is 1.63. The standard InChI is InChI=1S/C17H21N3O2S/c1-12(2)10-20(11-15(21)19-17-18-7-8-23-17)16(22)14-6-4-5-13(3)9-14/h4-9,12H,10-11H2,1-3H3,(H,18,19,21). The maximum absolute atomic E-state index is 12.7. The van der Waals surface area contributed by atoms with E-state index in [1.165, 1.54) is 11.3 Å². The number of amides is 2. The first-order valence-electron chi connectivity index (χ1n) is 7.51. The van der Waals surface area contributed by atoms with Crippen molar-refractivity contribution in [1.29, 1.82) is 0 Å². The molecule has 0 aliphatic carbocycles. The van der Waals surface area contributed by atoms with Crippen molar-refractivity contribution in [3.05, 3.63) is 47.0 Å². The lowest BCUT2D eigenvalue weighted by molar-refractivity contribution is -0.117. The Morgan fingerprint density at radius 2 is 2.13 bits per heavy atom. The number of hydrogen-bond donors (Lipinski definition) is 1. The van der Waals surface area contributed by atoms with Gasteiger partial charge in [0.25, 0.3) is 5.91 Å². The Morgan fingerprint density at radius 3 is 2.74 bits per heavy atom. The lowest BCUT2D eigenvalue weighted by Crippen LogP contribution is -2.40. The molecule has 0 bridgehead atoms. The van der Waals surface area contributed by atoms with Crippen molar-refractivity contribution < 1.29 is 9.59 Å². The third-order valence-electron chi connectivity index (χ3n) is 3.15. The van der Waals surface area contributed by atoms with E-state index in [2.05, 4.69) is 10.3 Å². The number of carbonyl (C=O) groups is 2. The van der Waals surface area contributed by atoms with Crippen LogP contribution in [-0.4, -0.2) is 34.8 Å². The molecule has 0 saturated heterocycles. The number of anilines is 1. The molecule has 0 saturated carbocycles. The minimum absolute atomic E-state index is 0.0184. The molecular weight excluding hydrogens is 310 g/mol. The number of rotatable bonds is 6. The van der Waals surface area contributed by atoms with Gasteiger partial charge in [-0.15, -0.1) is 11.3 Å². The maximum atomic E-state index is 12.7. The molecule has 0 radical (unpaired) electrons. The van der Waals surface area contributed by atoms with Gasteiger partial charge in [-0.1, -0.05) is 31.5 Å². The minimum Gasteiger partial charge on any atom is -0.329 e. The van der Waals surface area contributed by atoms with Crippen molar-refractivity contribution in [2.45, 2.75) is 20.8 Å². The molecule has 0 spiro atoms. The number of thiazole rings is 1. The second kappa shape index (κ2) is 7.87. The van der Waals surface area contributed by atoms with Gasteiger partial charge in [0.1, 0.15) is 6.54 Å². The summed E-state index contributed by atoms with van der Waals surface area (Å²) in [6, 6.07) is 7.42. The first-order valence-corrected chi connectivity index (χ1v) is 8.39. The van der Waals surface area contributed by atoms with Gasteiger partial charge in [0.2, 0.25) is 5.91 Å². The second-order valence-electron chi connectivity index (χ2n) is 5.83. The van der Waals surface area contributed by atoms with Gasteiger partial charge < -0.3 is 10.2 Å². The lowest BCUT2D eigenvalue weighted by atomic mass is 10.1. The molecule has 6 heteroatoms. The minimum atomic E-state index is -0.235. The number of aromatic nitrogens is 1. The molecule has 0 unspecified atom stereocenters. The van der Waals surface area contributed by atoms with Gasteiger partial charge in [0.15, 0.2) is 5.13 Å². The zero-order valence-corrected chi connectivity index (χ0v) is 14.4. The van der Waals surface area contributed by atoms with Gasteiger partial charge >= 0.3 is 0 Å². The zero-order valence-electron chi connectivity index (χ0n) is 13.6. The van der Waals surface area contributed by atoms with Crippen LogP contribution in [0.4, 0.5) is 5.13 Å². The third kappa shape index (κ3) is 5.17. The summed E-state index contributed by atoms with van der Waals surface area (Å²) < 4.78 is 0. The van der Waals surface area contributed by atoms with Crippen LogP contribution in [0.15, 0.2) is 35.8 Å². The number of aryl methyl sites for hydroxylation is 1. The van der Waals surface area contributed by atoms with Crippen molar-refractivity contribution in [2.75, 3.05) is 18.4 Å². The predicted octanol–water partition coefficient (Wildman–Crippen LogP) is 3.19. The molecule has 0 fully saturated rings. The Balaban J connectivity index is 2.09. The van der Waals surface area contributed by atoms with E-state index in [-0.39, 0.29) is 24.3 Å². The summed E-state index contributed by atoms with van der Waals surface area (Å²) >= 11 is 1.35. The first-order chi connectivity index (χ1) is 11.0. The quantitative estimate of drug-likeness (QED) is 0.884. The van der Waals surface area contributed by atoms with E-state index in [9.17, 15) is 9.59 Å². The van der Waals surface area contributed by atoms with Crippen LogP contribution < -0.4 is 5.32 Å². The Kier molecular flexibility index (Phi) is 5.87. The fourth-order valence-corrected chi connectivity index (χ4v) is 2.78. The molecule has 122 valence electrons. The summed E-state index contributed by atoms with van der Waals surface area (Å²) in [4.78, 5) is 30.5. The highest BCUT2D eigenvalue weighted by molar-refractivity contribution is 7.13. The highest BCUT2D eigenvalue weighted by Crippen LogP contribution is 2.12. The first kappa shape index (κ1) is 17.1. The van der Waals surface area contributed by atoms with E-state index >= 15 is 0 Å². The van der Waals surface area contributed by atoms with E-state index in [1.807, 2.05) is 39.0 Å². The van der Waals surface area contributed by atoms with E-state index in [0.717, 1.165) is 5.56 Å². The van der Waals surface area contributed by atoms with Crippen molar-refractivity contribution in [3.63, 3.8) is 0 Å². The Bertz CT molecular complexity index is 668. The Labute approximate surface area is 140 Å². The molecular formula is C17H21N3O2S. The monoisotopic (exact) mass is 331 g/mol. The number of benzene rings is 1. The van der Waals surface area contributed by atoms with Crippen LogP contribution in [0.5, 0.6) is 0 Å². The van der Waals surface area contributed by atoms with E-state index < -0.39 is 0 Å². The molecule has 0 atom stereocenters. The van der Waals surface area contributed by atoms with E-state index in [4.69, 9.17) is 0 Å². The van der Waals surface area contributed by atoms with Crippen LogP contribution in [0.3, 0.4) is 0 Å². The molecule has 2 amide bonds. The summed E-state index contributed by atoms with van der Waals surface area (Å²) in [6.45, 7) is 6.53. The van der Waals surface area contributed by atoms with Crippen molar-refractivity contribution >= 4 is 28.3 Å². The normalized spacial score (nSPS) is 10.6. The van der Waals surface area contributed by atoms with Gasteiger partial charge in [-0.2, -0.15) is 0 Å². The second-order valence-corrected chi connectivity index (χ2v) is 6.73. The molecule has 1 aromatic heterocycles. The molecule has 2 rings (SSSR count). The van der Waals surface area contributed by atoms with Crippen LogP contribution in [0.1, 0.15) is 29.8 Å². The molecule has 1 heterocycles. The van der Waals surface area contributed by atoms with Crippen LogP contribution in [0.25, 0.3) is 0 Å². The number of carbonyl (C=O) groups excluding carboxylic acids is 2. The third-order valence-corrected chi connectivity index (χ3v) is 3.84. The highest BCUT2D eigenvalue weighted by Gasteiger charge is 2.20. The lowest BCUT2D eigenvalue weighted by Gasteiger charge is -2.24. The van der Waals surface area contributed by atoms with Crippen molar-refractivity contribution in [3.8, 4) is 0 Å². The van der Waals surface area contributed by atoms with Gasteiger partial charge in [-0.3, -0.25) is 9.59 Å². The number of nitrogens with one attached hydrogen (secondary N) is 1. The Hall–Kier alpha value is -2.21. The van der Waals surface area contributed by atoms with Gasteiger partial charge in [0, 0.05) is 23.7 Å². The van der Waals surface area contributed by atoms with Gasteiger partial charge in [0.05, 0.1) is 0 Å². The Morgan fingerprint density at radius 1 is 1.35 bits per heavy atom. The van der Waals surface area contributed by atoms with Gasteiger partial charge in [-0.25, -0.2) is 4.98 Å². The summed E-state index contributed by atoms with van der Waals surface area (Å²) in [5.74, 6) is -0.0882. The van der Waals surface area contributed by atoms with Gasteiger partial charge in [-0.05, 0) is 25.0 Å². The molecule has 2 aromatic rings. The number of hydrogen-bond acceptors (Lipinski definition) is 4. The van der Waals surface area contributed by atoms with E-state index in [1.54, 1.807) is 22.5 Å². The molecule has 0 aliphatic rings. The maximum Gasteiger partial charge on any atom is 0.254 e. The van der Waals surface area contributed by atoms with Crippen molar-refractivity contribution in [2.24, 2.45) is 5.92 Å². The molecule has 0 aliphatic heterocycles. The summed E-state index contributed by atoms with van der Waals surface area (Å²) in [7, 11) is 0. The van der Waals surface area contributed by atoms with Crippen LogP contribution in [-0.2, 0) is 4.79 Å². The van der Waals surface area contributed by atoms with E-state index in [0.29, 0.717) is 17.2 Å². The SMILES string of the molecule is Cc1cccc(C(=O)N(CC(=O)Nc2nccs2)CC(C)C)c1. The fraction of sp³-hybridized carbons (Fsp3) is 0.353. The summed E-state index contributed by atoms with van der Waals surface area (Å²) in [5.41, 5.74) is 1.63. The highest BCUT2D eigenvalue weighted by atomic mass is 32.1. The topological polar surface area (TPSA) is 62.3 Å². The average Bonchev–Trinajstić information content (AvgIpc) is 2.98. The van der Waals surface area contributed by atoms with Crippen LogP contribution in [0.2, 0.25) is 0 Å².